The molecule has 2 aromatic rings. The number of carbonyl (C=O) groups excluding carboxylic acids is 1. The maximum atomic E-state index is 14.9. The monoisotopic (exact) mass is 495 g/mol. The quantitative estimate of drug-likeness (QED) is 0.673. The molecule has 34 heavy (non-hydrogen) atoms. The molecule has 9 nitrogen and oxygen atoms in total. The summed E-state index contributed by atoms with van der Waals surface area (Å²) in [4.78, 5) is 20.6. The van der Waals surface area contributed by atoms with Gasteiger partial charge in [0.2, 0.25) is 16.0 Å². The summed E-state index contributed by atoms with van der Waals surface area (Å²) in [6.45, 7) is 6.69. The number of hydrogen-bond acceptors (Lipinski definition) is 7. The Morgan fingerprint density at radius 3 is 2.56 bits per heavy atom. The Morgan fingerprint density at radius 1 is 1.24 bits per heavy atom. The average molecular weight is 496 g/mol. The molecule has 0 aliphatic carbocycles. The number of nitrogens with zero attached hydrogens (tertiary/aromatic N) is 3. The molecule has 1 atom stereocenters. The van der Waals surface area contributed by atoms with Crippen LogP contribution in [0.25, 0.3) is 0 Å². The summed E-state index contributed by atoms with van der Waals surface area (Å²) < 4.78 is 59.7. The van der Waals surface area contributed by atoms with Gasteiger partial charge in [0, 0.05) is 19.2 Å². The molecule has 0 bridgehead atoms. The van der Waals surface area contributed by atoms with Crippen LogP contribution in [-0.2, 0) is 26.8 Å². The van der Waals surface area contributed by atoms with Crippen LogP contribution >= 0.6 is 0 Å². The van der Waals surface area contributed by atoms with E-state index in [0.717, 1.165) is 10.5 Å². The molecule has 3 rings (SSSR count). The van der Waals surface area contributed by atoms with Crippen LogP contribution < -0.4 is 10.6 Å². The first-order chi connectivity index (χ1) is 15.7. The second-order valence-electron chi connectivity index (χ2n) is 9.09. The van der Waals surface area contributed by atoms with Crippen LogP contribution in [0.1, 0.15) is 38.8 Å². The minimum Gasteiger partial charge on any atom is -0.444 e. The summed E-state index contributed by atoms with van der Waals surface area (Å²) >= 11 is 0. The highest BCUT2D eigenvalue weighted by molar-refractivity contribution is 7.89. The van der Waals surface area contributed by atoms with Crippen LogP contribution in [0, 0.1) is 11.6 Å². The van der Waals surface area contributed by atoms with Crippen molar-refractivity contribution in [1.29, 1.82) is 0 Å². The van der Waals surface area contributed by atoms with E-state index in [1.807, 2.05) is 0 Å². The lowest BCUT2D eigenvalue weighted by Crippen LogP contribution is -2.54. The van der Waals surface area contributed by atoms with Crippen molar-refractivity contribution in [3.8, 4) is 0 Å². The highest BCUT2D eigenvalue weighted by Crippen LogP contribution is 2.34. The van der Waals surface area contributed by atoms with Gasteiger partial charge in [-0.2, -0.15) is 0 Å². The number of rotatable bonds is 4. The van der Waals surface area contributed by atoms with Crippen molar-refractivity contribution in [2.24, 2.45) is 4.99 Å². The first kappa shape index (κ1) is 25.3. The van der Waals surface area contributed by atoms with Crippen molar-refractivity contribution in [2.45, 2.75) is 45.4 Å². The van der Waals surface area contributed by atoms with E-state index in [0.29, 0.717) is 11.4 Å². The number of sulfonamides is 1. The normalized spacial score (nSPS) is 19.9. The van der Waals surface area contributed by atoms with Gasteiger partial charge in [-0.15, -0.1) is 0 Å². The molecule has 1 amide bonds. The lowest BCUT2D eigenvalue weighted by Gasteiger charge is -2.36. The van der Waals surface area contributed by atoms with Gasteiger partial charge in [0.1, 0.15) is 28.6 Å². The lowest BCUT2D eigenvalue weighted by atomic mass is 9.92. The molecule has 0 unspecified atom stereocenters. The number of alkyl carbamates (subject to hydrolysis) is 1. The van der Waals surface area contributed by atoms with Crippen LogP contribution in [-0.4, -0.2) is 48.2 Å². The van der Waals surface area contributed by atoms with Crippen LogP contribution in [0.2, 0.25) is 0 Å². The van der Waals surface area contributed by atoms with Crippen LogP contribution in [0.15, 0.2) is 41.5 Å². The number of halogens is 2. The first-order valence-corrected chi connectivity index (χ1v) is 12.0. The maximum Gasteiger partial charge on any atom is 0.414 e. The summed E-state index contributed by atoms with van der Waals surface area (Å²) in [6, 6.07) is 6.97. The SMILES string of the molecule is CN1C(NC(=O)OC(C)(C)C)=N[C@](C)(c2cc(CNc3ccc(F)cn3)ccc2F)CS1(=O)=O. The van der Waals surface area contributed by atoms with E-state index in [1.54, 1.807) is 20.8 Å². The number of guanidine groups is 1. The Morgan fingerprint density at radius 2 is 1.94 bits per heavy atom. The number of amides is 1. The second kappa shape index (κ2) is 9.16. The largest absolute Gasteiger partial charge is 0.444 e. The Bertz CT molecular complexity index is 1210. The summed E-state index contributed by atoms with van der Waals surface area (Å²) in [5.41, 5.74) is -1.67. The Labute approximate surface area is 197 Å². The van der Waals surface area contributed by atoms with E-state index in [1.165, 1.54) is 44.3 Å². The van der Waals surface area contributed by atoms with Crippen molar-refractivity contribution >= 4 is 27.9 Å². The molecule has 2 N–H and O–H groups in total. The van der Waals surface area contributed by atoms with E-state index in [9.17, 15) is 22.0 Å². The van der Waals surface area contributed by atoms with Crippen molar-refractivity contribution in [1.82, 2.24) is 14.6 Å². The number of anilines is 1. The van der Waals surface area contributed by atoms with Gasteiger partial charge in [0.05, 0.1) is 11.9 Å². The van der Waals surface area contributed by atoms with E-state index in [2.05, 4.69) is 20.6 Å². The number of aromatic nitrogens is 1. The van der Waals surface area contributed by atoms with Gasteiger partial charge in [0.15, 0.2) is 0 Å². The number of ether oxygens (including phenoxy) is 1. The van der Waals surface area contributed by atoms with Crippen molar-refractivity contribution in [2.75, 3.05) is 18.1 Å². The Hall–Kier alpha value is -3.28. The fourth-order valence-corrected chi connectivity index (χ4v) is 4.80. The lowest BCUT2D eigenvalue weighted by molar-refractivity contribution is 0.0559. The third kappa shape index (κ3) is 5.99. The zero-order chi connectivity index (χ0) is 25.3. The second-order valence-corrected chi connectivity index (χ2v) is 11.1. The molecule has 1 aromatic carbocycles. The number of nitrogens with one attached hydrogen (secondary N) is 2. The van der Waals surface area contributed by atoms with Gasteiger partial charge in [-0.1, -0.05) is 6.07 Å². The molecule has 1 aliphatic heterocycles. The molecular weight excluding hydrogens is 468 g/mol. The van der Waals surface area contributed by atoms with E-state index < -0.39 is 44.6 Å². The maximum absolute atomic E-state index is 14.9. The van der Waals surface area contributed by atoms with Gasteiger partial charge in [0.25, 0.3) is 0 Å². The fourth-order valence-electron chi connectivity index (χ4n) is 3.33. The smallest absolute Gasteiger partial charge is 0.414 e. The van der Waals surface area contributed by atoms with Crippen molar-refractivity contribution in [3.63, 3.8) is 0 Å². The average Bonchev–Trinajstić information content (AvgIpc) is 2.70. The Kier molecular flexibility index (Phi) is 6.83. The van der Waals surface area contributed by atoms with Gasteiger partial charge in [-0.25, -0.2) is 36.3 Å². The molecule has 0 fully saturated rings. The van der Waals surface area contributed by atoms with Crippen LogP contribution in [0.3, 0.4) is 0 Å². The Balaban J connectivity index is 1.92. The molecule has 0 radical (unpaired) electrons. The highest BCUT2D eigenvalue weighted by Gasteiger charge is 2.43. The van der Waals surface area contributed by atoms with Gasteiger partial charge < -0.3 is 10.1 Å². The topological polar surface area (TPSA) is 113 Å². The van der Waals surface area contributed by atoms with Gasteiger partial charge in [-0.05, 0) is 57.5 Å². The summed E-state index contributed by atoms with van der Waals surface area (Å²) in [7, 11) is -2.69. The number of benzene rings is 1. The molecular formula is C22H27F2N5O4S. The number of aliphatic imine (C=N–C) groups is 1. The third-order valence-corrected chi connectivity index (χ3v) is 6.89. The zero-order valence-electron chi connectivity index (χ0n) is 19.5. The number of pyridine rings is 1. The zero-order valence-corrected chi connectivity index (χ0v) is 20.3. The third-order valence-electron chi connectivity index (χ3n) is 4.96. The number of carbonyl (C=O) groups is 1. The first-order valence-electron chi connectivity index (χ1n) is 10.4. The number of hydrogen-bond donors (Lipinski definition) is 2. The van der Waals surface area contributed by atoms with Gasteiger partial charge >= 0.3 is 6.09 Å². The van der Waals surface area contributed by atoms with Crippen molar-refractivity contribution < 1.29 is 26.7 Å². The molecule has 2 heterocycles. The molecule has 184 valence electrons. The molecule has 1 aliphatic rings. The highest BCUT2D eigenvalue weighted by atomic mass is 32.2. The van der Waals surface area contributed by atoms with Gasteiger partial charge in [-0.3, -0.25) is 5.32 Å². The fraction of sp³-hybridized carbons (Fsp3) is 0.409. The van der Waals surface area contributed by atoms with E-state index in [4.69, 9.17) is 4.74 Å². The molecule has 0 saturated carbocycles. The predicted molar refractivity (Wildman–Crippen MR) is 124 cm³/mol. The molecule has 12 heteroatoms. The summed E-state index contributed by atoms with van der Waals surface area (Å²) in [5, 5.41) is 5.35. The summed E-state index contributed by atoms with van der Waals surface area (Å²) in [5.74, 6) is -1.49. The molecule has 0 spiro atoms. The molecule has 0 saturated heterocycles. The van der Waals surface area contributed by atoms with E-state index >= 15 is 0 Å². The predicted octanol–water partition coefficient (Wildman–Crippen LogP) is 3.34. The van der Waals surface area contributed by atoms with Crippen molar-refractivity contribution in [3.05, 3.63) is 59.3 Å². The summed E-state index contributed by atoms with van der Waals surface area (Å²) in [6.07, 6.45) is 0.180. The van der Waals surface area contributed by atoms with Crippen LogP contribution in [0.5, 0.6) is 0 Å². The standard InChI is InChI=1S/C22H27F2N5O4S/c1-21(2,3)33-20(30)27-19-28-22(4,13-34(31,32)29(19)5)16-10-14(6-8-17(16)24)11-25-18-9-7-15(23)12-26-18/h6-10,12H,11,13H2,1-5H3,(H,25,26)(H,27,28,30)/t22-/m0/s1. The minimum atomic E-state index is -3.94. The minimum absolute atomic E-state index is 0.0408. The van der Waals surface area contributed by atoms with Crippen LogP contribution in [0.4, 0.5) is 19.4 Å². The molecule has 1 aromatic heterocycles. The van der Waals surface area contributed by atoms with E-state index in [-0.39, 0.29) is 18.1 Å².